The van der Waals surface area contributed by atoms with E-state index in [1.165, 1.54) is 24.8 Å². The fraction of sp³-hybridized carbons (Fsp3) is 0.513. The molecule has 3 aliphatic rings. The first-order chi connectivity index (χ1) is 23.8. The van der Waals surface area contributed by atoms with Gasteiger partial charge >= 0.3 is 0 Å². The minimum absolute atomic E-state index is 0.00450. The lowest BCUT2D eigenvalue weighted by Gasteiger charge is -2.62. The van der Waals surface area contributed by atoms with Crippen molar-refractivity contribution in [3.05, 3.63) is 72.6 Å². The van der Waals surface area contributed by atoms with Gasteiger partial charge in [-0.15, -0.1) is 10.2 Å². The summed E-state index contributed by atoms with van der Waals surface area (Å²) in [4.78, 5) is 5.13. The van der Waals surface area contributed by atoms with Gasteiger partial charge in [0.25, 0.3) is 0 Å². The molecule has 3 fully saturated rings. The zero-order valence-electron chi connectivity index (χ0n) is 29.6. The van der Waals surface area contributed by atoms with Crippen molar-refractivity contribution in [2.75, 3.05) is 39.6 Å². The first kappa shape index (κ1) is 33.5. The molecule has 0 aliphatic carbocycles. The van der Waals surface area contributed by atoms with Crippen molar-refractivity contribution in [1.29, 1.82) is 0 Å². The molecule has 260 valence electrons. The maximum Gasteiger partial charge on any atom is 0.188 e. The SMILES string of the molecule is COCOc1cc(-c2cnn(C3CCCCO3)c2)ccc1-c1ccc(N(C)C2C[C@]3(C)CCC[C@](C)(C2)N3Cc2ccc(OC)cc2)nn1. The first-order valence-electron chi connectivity index (χ1n) is 17.7. The summed E-state index contributed by atoms with van der Waals surface area (Å²) in [7, 11) is 5.52. The van der Waals surface area contributed by atoms with E-state index in [0.717, 1.165) is 79.2 Å². The first-order valence-corrected chi connectivity index (χ1v) is 17.7. The van der Waals surface area contributed by atoms with E-state index in [0.29, 0.717) is 11.8 Å². The van der Waals surface area contributed by atoms with Gasteiger partial charge < -0.3 is 23.8 Å². The largest absolute Gasteiger partial charge is 0.497 e. The van der Waals surface area contributed by atoms with E-state index in [9.17, 15) is 0 Å². The highest BCUT2D eigenvalue weighted by atomic mass is 16.7. The number of fused-ring (bicyclic) bond motifs is 2. The minimum atomic E-state index is -0.00450. The third-order valence-corrected chi connectivity index (χ3v) is 11.1. The quantitative estimate of drug-likeness (QED) is 0.151. The topological polar surface area (TPSA) is 87.0 Å². The molecule has 2 bridgehead atoms. The fourth-order valence-corrected chi connectivity index (χ4v) is 8.43. The molecule has 2 aromatic heterocycles. The van der Waals surface area contributed by atoms with Crippen LogP contribution in [0.3, 0.4) is 0 Å². The molecule has 0 amide bonds. The monoisotopic (exact) mass is 666 g/mol. The Morgan fingerprint density at radius 1 is 0.918 bits per heavy atom. The van der Waals surface area contributed by atoms with Gasteiger partial charge in [-0.05, 0) is 113 Å². The summed E-state index contributed by atoms with van der Waals surface area (Å²) in [6.07, 6.45) is 13.0. The van der Waals surface area contributed by atoms with Crippen molar-refractivity contribution < 1.29 is 18.9 Å². The van der Waals surface area contributed by atoms with Gasteiger partial charge in [0.1, 0.15) is 17.7 Å². The Kier molecular flexibility index (Phi) is 9.64. The van der Waals surface area contributed by atoms with Gasteiger partial charge in [-0.1, -0.05) is 18.2 Å². The summed E-state index contributed by atoms with van der Waals surface area (Å²) in [6, 6.07) is 19.2. The van der Waals surface area contributed by atoms with E-state index < -0.39 is 0 Å². The highest BCUT2D eigenvalue weighted by Crippen LogP contribution is 2.50. The maximum atomic E-state index is 6.06. The van der Waals surface area contributed by atoms with Crippen molar-refractivity contribution in [1.82, 2.24) is 24.9 Å². The average Bonchev–Trinajstić information content (AvgIpc) is 3.63. The lowest BCUT2D eigenvalue weighted by atomic mass is 9.66. The van der Waals surface area contributed by atoms with Crippen LogP contribution in [-0.2, 0) is 16.0 Å². The molecular weight excluding hydrogens is 616 g/mol. The van der Waals surface area contributed by atoms with Gasteiger partial charge in [0, 0.05) is 61.8 Å². The van der Waals surface area contributed by atoms with E-state index in [-0.39, 0.29) is 24.1 Å². The van der Waals surface area contributed by atoms with E-state index >= 15 is 0 Å². The van der Waals surface area contributed by atoms with Gasteiger partial charge in [-0.2, -0.15) is 5.10 Å². The van der Waals surface area contributed by atoms with Crippen molar-refractivity contribution in [3.8, 4) is 33.9 Å². The van der Waals surface area contributed by atoms with Crippen molar-refractivity contribution in [3.63, 3.8) is 0 Å². The summed E-state index contributed by atoms with van der Waals surface area (Å²) in [5.41, 5.74) is 5.18. The van der Waals surface area contributed by atoms with Crippen molar-refractivity contribution in [2.45, 2.75) is 95.1 Å². The number of piperidine rings is 2. The second kappa shape index (κ2) is 14.1. The molecule has 10 heteroatoms. The Labute approximate surface area is 290 Å². The molecule has 5 heterocycles. The second-order valence-corrected chi connectivity index (χ2v) is 14.5. The predicted octanol–water partition coefficient (Wildman–Crippen LogP) is 7.50. The number of rotatable bonds is 11. The molecule has 0 spiro atoms. The van der Waals surface area contributed by atoms with Gasteiger partial charge in [0.05, 0.1) is 19.0 Å². The number of nitrogens with zero attached hydrogens (tertiary/aromatic N) is 6. The summed E-state index contributed by atoms with van der Waals surface area (Å²) < 4.78 is 24.6. The van der Waals surface area contributed by atoms with E-state index in [4.69, 9.17) is 29.1 Å². The number of hydrogen-bond donors (Lipinski definition) is 0. The lowest BCUT2D eigenvalue weighted by Crippen LogP contribution is -2.67. The highest BCUT2D eigenvalue weighted by Gasteiger charge is 2.53. The Bertz CT molecular complexity index is 1690. The summed E-state index contributed by atoms with van der Waals surface area (Å²) in [5.74, 6) is 2.48. The Morgan fingerprint density at radius 2 is 1.71 bits per heavy atom. The van der Waals surface area contributed by atoms with E-state index in [1.54, 1.807) is 14.2 Å². The summed E-state index contributed by atoms with van der Waals surface area (Å²) in [6.45, 7) is 6.79. The molecule has 4 aromatic rings. The highest BCUT2D eigenvalue weighted by molar-refractivity contribution is 5.74. The summed E-state index contributed by atoms with van der Waals surface area (Å²) in [5, 5.41) is 14.1. The Morgan fingerprint density at radius 3 is 2.39 bits per heavy atom. The molecule has 3 aliphatic heterocycles. The molecule has 0 N–H and O–H groups in total. The third kappa shape index (κ3) is 6.91. The second-order valence-electron chi connectivity index (χ2n) is 14.5. The normalized spacial score (nSPS) is 25.6. The molecular formula is C39H50N6O4. The molecule has 2 unspecified atom stereocenters. The number of aromatic nitrogens is 4. The van der Waals surface area contributed by atoms with Crippen LogP contribution in [0.5, 0.6) is 11.5 Å². The van der Waals surface area contributed by atoms with Crippen LogP contribution < -0.4 is 14.4 Å². The van der Waals surface area contributed by atoms with Crippen LogP contribution in [0.15, 0.2) is 67.0 Å². The van der Waals surface area contributed by atoms with Crippen molar-refractivity contribution >= 4 is 5.82 Å². The standard InChI is InChI=1S/C39H50N6O4/c1-38-18-8-19-39(2,45(38)25-28-10-13-32(47-5)14-11-28)23-31(22-38)43(3)36-17-16-34(41-42-36)33-15-12-29(21-35(33)49-27-46-4)30-24-40-44(26-30)37-9-6-7-20-48-37/h10-17,21,24,26,31,37H,6-9,18-20,22-23,25,27H2,1-5H3/t31?,37?,38-,39+. The summed E-state index contributed by atoms with van der Waals surface area (Å²) >= 11 is 0. The van der Waals surface area contributed by atoms with Crippen LogP contribution in [0.1, 0.15) is 77.0 Å². The molecule has 7 rings (SSSR count). The van der Waals surface area contributed by atoms with Gasteiger partial charge in [0.2, 0.25) is 0 Å². The van der Waals surface area contributed by atoms with E-state index in [2.05, 4.69) is 78.3 Å². The zero-order valence-corrected chi connectivity index (χ0v) is 29.6. The van der Waals surface area contributed by atoms with Gasteiger partial charge in [-0.3, -0.25) is 4.90 Å². The molecule has 0 saturated carbocycles. The van der Waals surface area contributed by atoms with Crippen LogP contribution in [0.2, 0.25) is 0 Å². The number of hydrogen-bond acceptors (Lipinski definition) is 9. The molecule has 49 heavy (non-hydrogen) atoms. The maximum absolute atomic E-state index is 6.06. The predicted molar refractivity (Wildman–Crippen MR) is 191 cm³/mol. The van der Waals surface area contributed by atoms with Crippen molar-refractivity contribution in [2.24, 2.45) is 0 Å². The van der Waals surface area contributed by atoms with Gasteiger partial charge in [-0.25, -0.2) is 4.68 Å². The molecule has 10 nitrogen and oxygen atoms in total. The average molecular weight is 667 g/mol. The third-order valence-electron chi connectivity index (χ3n) is 11.1. The Balaban J connectivity index is 1.08. The molecule has 3 saturated heterocycles. The molecule has 4 atom stereocenters. The zero-order chi connectivity index (χ0) is 34.0. The van der Waals surface area contributed by atoms with Crippen LogP contribution in [0.25, 0.3) is 22.4 Å². The number of benzene rings is 2. The minimum Gasteiger partial charge on any atom is -0.497 e. The number of anilines is 1. The van der Waals surface area contributed by atoms with Crippen LogP contribution in [0, 0.1) is 0 Å². The Hall–Kier alpha value is -3.99. The smallest absolute Gasteiger partial charge is 0.188 e. The van der Waals surface area contributed by atoms with Crippen LogP contribution in [-0.4, -0.2) is 76.7 Å². The molecule has 2 aromatic carbocycles. The van der Waals surface area contributed by atoms with Crippen LogP contribution in [0.4, 0.5) is 5.82 Å². The fourth-order valence-electron chi connectivity index (χ4n) is 8.43. The number of ether oxygens (including phenoxy) is 4. The number of methoxy groups -OCH3 is 2. The van der Waals surface area contributed by atoms with Gasteiger partial charge in [0.15, 0.2) is 12.6 Å². The van der Waals surface area contributed by atoms with Crippen LogP contribution >= 0.6 is 0 Å². The van der Waals surface area contributed by atoms with E-state index in [1.807, 2.05) is 29.2 Å². The lowest BCUT2D eigenvalue weighted by molar-refractivity contribution is -0.0976. The molecule has 0 radical (unpaired) electrons.